The lowest BCUT2D eigenvalue weighted by Crippen LogP contribution is -2.08. The van der Waals surface area contributed by atoms with Crippen LogP contribution in [0.3, 0.4) is 0 Å². The Hall–Kier alpha value is -1.57. The molecule has 2 nitrogen and oxygen atoms in total. The molecular formula is C12H14O2. The van der Waals surface area contributed by atoms with Crippen molar-refractivity contribution < 1.29 is 9.53 Å². The van der Waals surface area contributed by atoms with E-state index in [0.29, 0.717) is 13.0 Å². The zero-order chi connectivity index (χ0) is 10.4. The first-order valence-corrected chi connectivity index (χ1v) is 4.63. The third-order valence-electron chi connectivity index (χ3n) is 1.84. The normalized spacial score (nSPS) is 9.50. The molecule has 1 rings (SSSR count). The van der Waals surface area contributed by atoms with Crippen molar-refractivity contribution in [1.82, 2.24) is 0 Å². The Morgan fingerprint density at radius 1 is 1.36 bits per heavy atom. The van der Waals surface area contributed by atoms with Crippen LogP contribution in [-0.2, 0) is 16.0 Å². The molecule has 0 saturated carbocycles. The smallest absolute Gasteiger partial charge is 0.201 e. The van der Waals surface area contributed by atoms with Crippen molar-refractivity contribution >= 4 is 5.78 Å². The Morgan fingerprint density at radius 3 is 2.57 bits per heavy atom. The summed E-state index contributed by atoms with van der Waals surface area (Å²) in [6, 6.07) is 9.57. The van der Waals surface area contributed by atoms with Crippen LogP contribution in [0.1, 0.15) is 12.5 Å². The van der Waals surface area contributed by atoms with E-state index in [0.717, 1.165) is 5.56 Å². The molecule has 0 aliphatic carbocycles. The Balaban J connectivity index is 2.53. The van der Waals surface area contributed by atoms with Gasteiger partial charge in [0.2, 0.25) is 5.78 Å². The van der Waals surface area contributed by atoms with Crippen LogP contribution >= 0.6 is 0 Å². The van der Waals surface area contributed by atoms with Gasteiger partial charge in [-0.05, 0) is 12.5 Å². The molecule has 0 N–H and O–H groups in total. The number of hydrogen-bond donors (Lipinski definition) is 0. The number of ether oxygens (including phenoxy) is 1. The molecular weight excluding hydrogens is 176 g/mol. The first kappa shape index (κ1) is 10.5. The van der Waals surface area contributed by atoms with Gasteiger partial charge >= 0.3 is 0 Å². The highest BCUT2D eigenvalue weighted by Gasteiger charge is 2.08. The zero-order valence-corrected chi connectivity index (χ0v) is 8.32. The van der Waals surface area contributed by atoms with E-state index in [1.165, 1.54) is 0 Å². The van der Waals surface area contributed by atoms with Gasteiger partial charge in [-0.3, -0.25) is 4.79 Å². The molecule has 0 heterocycles. The molecule has 0 bridgehead atoms. The van der Waals surface area contributed by atoms with E-state index >= 15 is 0 Å². The van der Waals surface area contributed by atoms with Gasteiger partial charge in [-0.25, -0.2) is 0 Å². The Kier molecular flexibility index (Phi) is 3.92. The molecule has 1 aromatic carbocycles. The van der Waals surface area contributed by atoms with Gasteiger partial charge in [-0.1, -0.05) is 36.9 Å². The molecule has 0 aromatic heterocycles. The van der Waals surface area contributed by atoms with E-state index in [4.69, 9.17) is 4.74 Å². The number of Topliss-reactive ketones (excluding diaryl/α,β-unsaturated/α-hetero) is 1. The fraction of sp³-hybridized carbons (Fsp3) is 0.250. The lowest BCUT2D eigenvalue weighted by Gasteiger charge is -2.05. The highest BCUT2D eigenvalue weighted by Crippen LogP contribution is 2.05. The number of carbonyl (C=O) groups excluding carboxylic acids is 1. The number of allylic oxidation sites excluding steroid dienone is 1. The maximum absolute atomic E-state index is 11.5. The van der Waals surface area contributed by atoms with Gasteiger partial charge in [-0.15, -0.1) is 0 Å². The molecule has 0 fully saturated rings. The summed E-state index contributed by atoms with van der Waals surface area (Å²) in [5.74, 6) is 0.189. The fourth-order valence-corrected chi connectivity index (χ4v) is 1.13. The van der Waals surface area contributed by atoms with Crippen molar-refractivity contribution in [2.24, 2.45) is 0 Å². The molecule has 0 aliphatic rings. The van der Waals surface area contributed by atoms with Gasteiger partial charge in [0.15, 0.2) is 5.76 Å². The maximum atomic E-state index is 11.5. The van der Waals surface area contributed by atoms with Gasteiger partial charge in [0.1, 0.15) is 0 Å². The third-order valence-corrected chi connectivity index (χ3v) is 1.84. The molecule has 74 valence electrons. The number of hydrogen-bond acceptors (Lipinski definition) is 2. The molecule has 0 spiro atoms. The van der Waals surface area contributed by atoms with Crippen molar-refractivity contribution in [3.8, 4) is 0 Å². The van der Waals surface area contributed by atoms with E-state index in [-0.39, 0.29) is 11.5 Å². The predicted molar refractivity (Wildman–Crippen MR) is 55.9 cm³/mol. The van der Waals surface area contributed by atoms with Crippen molar-refractivity contribution in [2.75, 3.05) is 6.61 Å². The van der Waals surface area contributed by atoms with Crippen molar-refractivity contribution in [1.29, 1.82) is 0 Å². The molecule has 0 radical (unpaired) electrons. The molecule has 0 amide bonds. The summed E-state index contributed by atoms with van der Waals surface area (Å²) >= 11 is 0. The minimum absolute atomic E-state index is 0.0574. The van der Waals surface area contributed by atoms with Crippen LogP contribution in [0.25, 0.3) is 0 Å². The minimum atomic E-state index is -0.0574. The first-order chi connectivity index (χ1) is 6.74. The van der Waals surface area contributed by atoms with Gasteiger partial charge < -0.3 is 4.74 Å². The molecule has 0 aliphatic heterocycles. The van der Waals surface area contributed by atoms with Crippen LogP contribution in [0.2, 0.25) is 0 Å². The topological polar surface area (TPSA) is 26.3 Å². The van der Waals surface area contributed by atoms with Crippen LogP contribution in [0.15, 0.2) is 42.7 Å². The van der Waals surface area contributed by atoms with Crippen LogP contribution < -0.4 is 0 Å². The van der Waals surface area contributed by atoms with Crippen molar-refractivity contribution in [3.05, 3.63) is 48.2 Å². The lowest BCUT2D eigenvalue weighted by molar-refractivity contribution is -0.118. The second-order valence-electron chi connectivity index (χ2n) is 2.94. The van der Waals surface area contributed by atoms with Gasteiger partial charge in [-0.2, -0.15) is 0 Å². The van der Waals surface area contributed by atoms with Crippen molar-refractivity contribution in [3.63, 3.8) is 0 Å². The summed E-state index contributed by atoms with van der Waals surface area (Å²) in [4.78, 5) is 11.5. The van der Waals surface area contributed by atoms with Crippen LogP contribution in [0.4, 0.5) is 0 Å². The molecule has 1 aromatic rings. The Morgan fingerprint density at radius 2 is 2.00 bits per heavy atom. The van der Waals surface area contributed by atoms with E-state index in [9.17, 15) is 4.79 Å². The van der Waals surface area contributed by atoms with Crippen molar-refractivity contribution in [2.45, 2.75) is 13.3 Å². The van der Waals surface area contributed by atoms with Crippen LogP contribution in [0, 0.1) is 0 Å². The number of rotatable bonds is 5. The maximum Gasteiger partial charge on any atom is 0.201 e. The number of benzene rings is 1. The van der Waals surface area contributed by atoms with E-state index < -0.39 is 0 Å². The summed E-state index contributed by atoms with van der Waals surface area (Å²) in [5, 5.41) is 0. The van der Waals surface area contributed by atoms with E-state index in [1.807, 2.05) is 37.3 Å². The van der Waals surface area contributed by atoms with Gasteiger partial charge in [0, 0.05) is 6.42 Å². The Labute approximate surface area is 84.2 Å². The molecule has 2 heteroatoms. The average Bonchev–Trinajstić information content (AvgIpc) is 2.19. The SMILES string of the molecule is C=C(OCC)C(=O)Cc1ccccc1. The average molecular weight is 190 g/mol. The standard InChI is InChI=1S/C12H14O2/c1-3-14-10(2)12(13)9-11-7-5-4-6-8-11/h4-8H,2-3,9H2,1H3. The quantitative estimate of drug-likeness (QED) is 0.526. The van der Waals surface area contributed by atoms with Crippen LogP contribution in [0.5, 0.6) is 0 Å². The van der Waals surface area contributed by atoms with Gasteiger partial charge in [0.25, 0.3) is 0 Å². The fourth-order valence-electron chi connectivity index (χ4n) is 1.13. The molecule has 14 heavy (non-hydrogen) atoms. The monoisotopic (exact) mass is 190 g/mol. The summed E-state index contributed by atoms with van der Waals surface area (Å²) in [7, 11) is 0. The van der Waals surface area contributed by atoms with Gasteiger partial charge in [0.05, 0.1) is 6.61 Å². The predicted octanol–water partition coefficient (Wildman–Crippen LogP) is 2.35. The summed E-state index contributed by atoms with van der Waals surface area (Å²) in [6.07, 6.45) is 0.361. The molecule has 0 atom stereocenters. The van der Waals surface area contributed by atoms with Crippen LogP contribution in [-0.4, -0.2) is 12.4 Å². The molecule has 0 unspecified atom stereocenters. The highest BCUT2D eigenvalue weighted by molar-refractivity contribution is 5.94. The second kappa shape index (κ2) is 5.22. The Bertz CT molecular complexity index is 314. The summed E-state index contributed by atoms with van der Waals surface area (Å²) in [6.45, 7) is 5.89. The molecule has 0 saturated heterocycles. The number of carbonyl (C=O) groups is 1. The highest BCUT2D eigenvalue weighted by atomic mass is 16.5. The summed E-state index contributed by atoms with van der Waals surface area (Å²) < 4.78 is 5.03. The lowest BCUT2D eigenvalue weighted by atomic mass is 10.1. The second-order valence-corrected chi connectivity index (χ2v) is 2.94. The zero-order valence-electron chi connectivity index (χ0n) is 8.32. The first-order valence-electron chi connectivity index (χ1n) is 4.63. The van der Waals surface area contributed by atoms with E-state index in [2.05, 4.69) is 6.58 Å². The number of ketones is 1. The summed E-state index contributed by atoms with van der Waals surface area (Å²) in [5.41, 5.74) is 0.985. The third kappa shape index (κ3) is 3.05. The largest absolute Gasteiger partial charge is 0.491 e. The minimum Gasteiger partial charge on any atom is -0.491 e. The van der Waals surface area contributed by atoms with E-state index in [1.54, 1.807) is 0 Å².